The summed E-state index contributed by atoms with van der Waals surface area (Å²) in [5.41, 5.74) is 6.98. The van der Waals surface area contributed by atoms with Crippen LogP contribution in [0.15, 0.2) is 23.8 Å². The number of carbonyl (C=O) groups excluding carboxylic acids is 1. The number of ether oxygens (including phenoxy) is 3. The highest BCUT2D eigenvalue weighted by molar-refractivity contribution is 5.69. The molecule has 6 nitrogen and oxygen atoms in total. The minimum atomic E-state index is -0.558. The number of hydrogen-bond acceptors (Lipinski definition) is 6. The Morgan fingerprint density at radius 2 is 2.15 bits per heavy atom. The van der Waals surface area contributed by atoms with E-state index in [1.165, 1.54) is 12.7 Å². The van der Waals surface area contributed by atoms with Crippen LogP contribution >= 0.6 is 0 Å². The van der Waals surface area contributed by atoms with Crippen LogP contribution in [0.25, 0.3) is 0 Å². The molecule has 0 bridgehead atoms. The van der Waals surface area contributed by atoms with Crippen LogP contribution in [0.4, 0.5) is 0 Å². The van der Waals surface area contributed by atoms with Crippen molar-refractivity contribution in [2.24, 2.45) is 28.9 Å². The average molecular weight is 540 g/mol. The molecule has 0 radical (unpaired) electrons. The molecule has 7 atom stereocenters. The van der Waals surface area contributed by atoms with Gasteiger partial charge in [-0.3, -0.25) is 4.79 Å². The van der Waals surface area contributed by atoms with E-state index >= 15 is 0 Å². The van der Waals surface area contributed by atoms with Crippen molar-refractivity contribution in [3.05, 3.63) is 23.8 Å². The molecule has 216 valence electrons. The van der Waals surface area contributed by atoms with Crippen LogP contribution in [-0.4, -0.2) is 49.8 Å². The number of aliphatic hydroxyl groups is 1. The topological polar surface area (TPSA) is 91.0 Å². The summed E-state index contributed by atoms with van der Waals surface area (Å²) in [5.74, 6) is 13.5. The van der Waals surface area contributed by atoms with Crippen molar-refractivity contribution < 1.29 is 24.1 Å². The maximum Gasteiger partial charge on any atom is 0.305 e. The molecule has 3 aliphatic rings. The van der Waals surface area contributed by atoms with E-state index in [4.69, 9.17) is 19.9 Å². The zero-order chi connectivity index (χ0) is 28.1. The van der Waals surface area contributed by atoms with Gasteiger partial charge in [0.15, 0.2) is 6.29 Å². The second kappa shape index (κ2) is 16.2. The molecule has 1 saturated heterocycles. The number of carbonyl (C=O) groups is 1. The summed E-state index contributed by atoms with van der Waals surface area (Å²) in [7, 11) is 1.44. The molecule has 3 N–H and O–H groups in total. The van der Waals surface area contributed by atoms with Crippen LogP contribution < -0.4 is 5.73 Å². The van der Waals surface area contributed by atoms with Crippen LogP contribution in [0.3, 0.4) is 0 Å². The van der Waals surface area contributed by atoms with Gasteiger partial charge in [0.1, 0.15) is 0 Å². The van der Waals surface area contributed by atoms with Gasteiger partial charge in [-0.2, -0.15) is 0 Å². The monoisotopic (exact) mass is 539 g/mol. The van der Waals surface area contributed by atoms with Crippen LogP contribution in [-0.2, 0) is 19.0 Å². The van der Waals surface area contributed by atoms with E-state index in [1.54, 1.807) is 0 Å². The van der Waals surface area contributed by atoms with Gasteiger partial charge >= 0.3 is 5.97 Å². The molecule has 1 aliphatic heterocycles. The Morgan fingerprint density at radius 3 is 2.87 bits per heavy atom. The maximum atomic E-state index is 11.5. The Balaban J connectivity index is 1.84. The highest BCUT2D eigenvalue weighted by atomic mass is 16.7. The standard InChI is InChI=1S/C33H49NO5/c1-4-5-13-25(2)29(35)18-17-27-28-22-26(14-7-8-15-31(36)37-3)23-33(28,19-10-6-11-20-34)24-30(27)39-32-16-9-12-21-38-32/h14,17-18,25,27-30,32,35H,6-9,11-13,15-16,20-24,34H2,1-3H3/b18-17+,26-14+/t25-,27+,28+,29+,30+,32+,33-/m0/s1. The molecule has 39 heavy (non-hydrogen) atoms. The van der Waals surface area contributed by atoms with Crippen molar-refractivity contribution in [2.45, 2.75) is 109 Å². The van der Waals surface area contributed by atoms with Crippen molar-refractivity contribution in [1.82, 2.24) is 0 Å². The highest BCUT2D eigenvalue weighted by Crippen LogP contribution is 2.60. The molecule has 0 aromatic heterocycles. The molecule has 0 aromatic carbocycles. The first kappa shape index (κ1) is 31.4. The average Bonchev–Trinajstić information content (AvgIpc) is 3.42. The number of unbranched alkanes of at least 4 members (excludes halogenated alkanes) is 2. The van der Waals surface area contributed by atoms with Crippen LogP contribution in [0.5, 0.6) is 0 Å². The number of esters is 1. The summed E-state index contributed by atoms with van der Waals surface area (Å²) in [6.07, 6.45) is 16.1. The third-order valence-corrected chi connectivity index (χ3v) is 8.46. The number of rotatable bonds is 12. The lowest BCUT2D eigenvalue weighted by molar-refractivity contribution is -0.193. The van der Waals surface area contributed by atoms with E-state index in [9.17, 15) is 9.90 Å². The molecule has 0 unspecified atom stereocenters. The molecule has 2 aliphatic carbocycles. The van der Waals surface area contributed by atoms with Crippen LogP contribution in [0, 0.1) is 46.9 Å². The first-order chi connectivity index (χ1) is 18.9. The first-order valence-electron chi connectivity index (χ1n) is 14.9. The van der Waals surface area contributed by atoms with Crippen molar-refractivity contribution in [3.8, 4) is 23.7 Å². The number of aliphatic hydroxyl groups excluding tert-OH is 1. The smallest absolute Gasteiger partial charge is 0.305 e. The second-order valence-electron chi connectivity index (χ2n) is 11.4. The summed E-state index contributed by atoms with van der Waals surface area (Å²) in [6, 6.07) is 0. The van der Waals surface area contributed by atoms with Gasteiger partial charge in [-0.05, 0) is 83.1 Å². The molecule has 3 fully saturated rings. The summed E-state index contributed by atoms with van der Waals surface area (Å²) in [5, 5.41) is 10.9. The number of nitrogens with two attached hydrogens (primary N) is 1. The Morgan fingerprint density at radius 1 is 1.31 bits per heavy atom. The fraction of sp³-hybridized carbons (Fsp3) is 0.727. The summed E-state index contributed by atoms with van der Waals surface area (Å²) in [6.45, 7) is 5.26. The van der Waals surface area contributed by atoms with E-state index in [0.717, 1.165) is 70.8 Å². The molecular formula is C33H49NO5. The van der Waals surface area contributed by atoms with Gasteiger partial charge in [0.25, 0.3) is 0 Å². The second-order valence-corrected chi connectivity index (χ2v) is 11.4. The van der Waals surface area contributed by atoms with Crippen LogP contribution in [0.1, 0.15) is 90.9 Å². The van der Waals surface area contributed by atoms with Crippen molar-refractivity contribution in [2.75, 3.05) is 20.3 Å². The molecule has 6 heteroatoms. The molecule has 0 aromatic rings. The van der Waals surface area contributed by atoms with Gasteiger partial charge < -0.3 is 25.1 Å². The summed E-state index contributed by atoms with van der Waals surface area (Å²) >= 11 is 0. The van der Waals surface area contributed by atoms with Crippen molar-refractivity contribution in [3.63, 3.8) is 0 Å². The SMILES string of the molecule is CC#CC[C@H](C)[C@H](O)/C=C/[C@@H]1[C@H]2C/C(=C\CCCC(=O)OC)C[C@@]2(C#CCCCN)C[C@H]1O[C@@H]1CCCCO1. The normalized spacial score (nSPS) is 30.7. The van der Waals surface area contributed by atoms with E-state index < -0.39 is 6.10 Å². The number of allylic oxidation sites excluding steroid dienone is 2. The lowest BCUT2D eigenvalue weighted by Gasteiger charge is -2.29. The van der Waals surface area contributed by atoms with Gasteiger partial charge in [0.05, 0.1) is 19.3 Å². The van der Waals surface area contributed by atoms with Gasteiger partial charge in [-0.25, -0.2) is 0 Å². The third kappa shape index (κ3) is 9.22. The van der Waals surface area contributed by atoms with Crippen molar-refractivity contribution >= 4 is 5.97 Å². The van der Waals surface area contributed by atoms with Crippen LogP contribution in [0.2, 0.25) is 0 Å². The molecular weight excluding hydrogens is 490 g/mol. The zero-order valence-electron chi connectivity index (χ0n) is 24.3. The van der Waals surface area contributed by atoms with E-state index in [-0.39, 0.29) is 35.6 Å². The summed E-state index contributed by atoms with van der Waals surface area (Å²) in [4.78, 5) is 11.5. The molecule has 2 saturated carbocycles. The number of methoxy groups -OCH3 is 1. The number of fused-ring (bicyclic) bond motifs is 1. The minimum Gasteiger partial charge on any atom is -0.469 e. The van der Waals surface area contributed by atoms with Crippen molar-refractivity contribution in [1.29, 1.82) is 0 Å². The Kier molecular flexibility index (Phi) is 13.1. The highest BCUT2D eigenvalue weighted by Gasteiger charge is 2.56. The zero-order valence-corrected chi connectivity index (χ0v) is 24.3. The predicted octanol–water partition coefficient (Wildman–Crippen LogP) is 5.29. The Hall–Kier alpha value is -2.09. The lowest BCUT2D eigenvalue weighted by Crippen LogP contribution is -2.31. The van der Waals surface area contributed by atoms with Gasteiger partial charge in [-0.1, -0.05) is 36.6 Å². The lowest BCUT2D eigenvalue weighted by atomic mass is 9.78. The fourth-order valence-electron chi connectivity index (χ4n) is 6.22. The van der Waals surface area contributed by atoms with Gasteiger partial charge in [0.2, 0.25) is 0 Å². The third-order valence-electron chi connectivity index (χ3n) is 8.46. The predicted molar refractivity (Wildman–Crippen MR) is 154 cm³/mol. The fourth-order valence-corrected chi connectivity index (χ4v) is 6.22. The first-order valence-corrected chi connectivity index (χ1v) is 14.9. The maximum absolute atomic E-state index is 11.5. The minimum absolute atomic E-state index is 0.00280. The largest absolute Gasteiger partial charge is 0.469 e. The quantitative estimate of drug-likeness (QED) is 0.152. The Bertz CT molecular complexity index is 960. The van der Waals surface area contributed by atoms with E-state index in [1.807, 2.05) is 19.9 Å². The number of hydrogen-bond donors (Lipinski definition) is 2. The summed E-state index contributed by atoms with van der Waals surface area (Å²) < 4.78 is 17.4. The molecule has 1 heterocycles. The van der Waals surface area contributed by atoms with Gasteiger partial charge in [-0.15, -0.1) is 17.8 Å². The molecule has 0 spiro atoms. The molecule has 0 amide bonds. The molecule has 3 rings (SSSR count). The Labute approximate surface area is 236 Å². The van der Waals surface area contributed by atoms with E-state index in [2.05, 4.69) is 35.8 Å². The van der Waals surface area contributed by atoms with Gasteiger partial charge in [0, 0.05) is 37.2 Å². The van der Waals surface area contributed by atoms with E-state index in [0.29, 0.717) is 25.3 Å².